The maximum absolute atomic E-state index is 13.4. The summed E-state index contributed by atoms with van der Waals surface area (Å²) in [4.78, 5) is 36.4. The predicted octanol–water partition coefficient (Wildman–Crippen LogP) is 5.78. The normalized spacial score (nSPS) is 42.1. The maximum atomic E-state index is 13.4. The molecule has 0 heterocycles. The molecule has 3 fully saturated rings. The van der Waals surface area contributed by atoms with Crippen LogP contribution < -0.4 is 5.32 Å². The van der Waals surface area contributed by atoms with Crippen LogP contribution in [0.5, 0.6) is 0 Å². The van der Waals surface area contributed by atoms with Crippen LogP contribution in [0.25, 0.3) is 0 Å². The van der Waals surface area contributed by atoms with Gasteiger partial charge in [-0.05, 0) is 90.9 Å². The lowest BCUT2D eigenvalue weighted by molar-refractivity contribution is -0.148. The van der Waals surface area contributed by atoms with Gasteiger partial charge >= 0.3 is 5.97 Å². The Balaban J connectivity index is 1.40. The predicted molar refractivity (Wildman–Crippen MR) is 140 cm³/mol. The van der Waals surface area contributed by atoms with E-state index in [-0.39, 0.29) is 40.6 Å². The van der Waals surface area contributed by atoms with Gasteiger partial charge in [0.05, 0.1) is 0 Å². The highest BCUT2D eigenvalue weighted by Crippen LogP contribution is 2.70. The highest BCUT2D eigenvalue weighted by Gasteiger charge is 2.63. The third kappa shape index (κ3) is 4.00. The molecule has 5 heteroatoms. The quantitative estimate of drug-likeness (QED) is 0.387. The van der Waals surface area contributed by atoms with E-state index in [2.05, 4.69) is 39.1 Å². The van der Waals surface area contributed by atoms with Gasteiger partial charge in [-0.2, -0.15) is 0 Å². The lowest BCUT2D eigenvalue weighted by Gasteiger charge is -2.58. The van der Waals surface area contributed by atoms with Gasteiger partial charge in [-0.1, -0.05) is 44.9 Å². The number of esters is 1. The fourth-order valence-corrected chi connectivity index (χ4v) is 9.58. The van der Waals surface area contributed by atoms with E-state index in [1.165, 1.54) is 30.9 Å². The van der Waals surface area contributed by atoms with Crippen LogP contribution in [0, 0.1) is 46.3 Å². The Kier molecular flexibility index (Phi) is 6.53. The minimum absolute atomic E-state index is 0.00552. The van der Waals surface area contributed by atoms with E-state index in [1.54, 1.807) is 6.92 Å². The van der Waals surface area contributed by atoms with E-state index in [4.69, 9.17) is 4.74 Å². The molecule has 0 aliphatic heterocycles. The first-order valence-electron chi connectivity index (χ1n) is 14.3. The van der Waals surface area contributed by atoms with Crippen molar-refractivity contribution in [2.24, 2.45) is 46.3 Å². The number of Topliss-reactive ketones (excluding diaryl/α,β-unsaturated/α-hetero) is 1. The van der Waals surface area contributed by atoms with Crippen molar-refractivity contribution in [3.8, 4) is 0 Å². The molecule has 1 amide bonds. The molecule has 5 nitrogen and oxygen atoms in total. The Morgan fingerprint density at radius 3 is 2.58 bits per heavy atom. The van der Waals surface area contributed by atoms with Crippen molar-refractivity contribution in [1.82, 2.24) is 5.32 Å². The molecule has 5 aliphatic rings. The SMILES string of the molecule is CC(=O)NC[C@H](C)CC1=C2C[C@@H]3[C@@H]4CC=C5C[C@H](OC(C)=O)CC[C@]5(C)[C@@H]4CC[C@]3(C)[C@H]2[C@@H](C)C1=O. The van der Waals surface area contributed by atoms with Gasteiger partial charge in [-0.25, -0.2) is 0 Å². The van der Waals surface area contributed by atoms with Gasteiger partial charge in [-0.15, -0.1) is 0 Å². The fraction of sp³-hybridized carbons (Fsp3) is 0.774. The number of amides is 1. The summed E-state index contributed by atoms with van der Waals surface area (Å²) in [6.45, 7) is 13.0. The number of allylic oxidation sites excluding steroid dienone is 3. The molecule has 9 atom stereocenters. The third-order valence-corrected chi connectivity index (χ3v) is 11.2. The van der Waals surface area contributed by atoms with E-state index in [9.17, 15) is 14.4 Å². The van der Waals surface area contributed by atoms with Crippen molar-refractivity contribution in [1.29, 1.82) is 0 Å². The molecule has 1 N–H and O–H groups in total. The zero-order chi connectivity index (χ0) is 26.0. The number of ketones is 1. The largest absolute Gasteiger partial charge is 0.462 e. The van der Waals surface area contributed by atoms with Gasteiger partial charge in [0.15, 0.2) is 5.78 Å². The molecule has 36 heavy (non-hydrogen) atoms. The van der Waals surface area contributed by atoms with Crippen molar-refractivity contribution in [2.75, 3.05) is 6.54 Å². The molecule has 5 rings (SSSR count). The maximum Gasteiger partial charge on any atom is 0.302 e. The minimum Gasteiger partial charge on any atom is -0.462 e. The molecule has 0 aromatic rings. The second-order valence-corrected chi connectivity index (χ2v) is 13.4. The van der Waals surface area contributed by atoms with Crippen molar-refractivity contribution in [3.63, 3.8) is 0 Å². The highest BCUT2D eigenvalue weighted by atomic mass is 16.5. The molecule has 0 aromatic carbocycles. The average Bonchev–Trinajstić information content (AvgIpc) is 3.24. The second-order valence-electron chi connectivity index (χ2n) is 13.4. The molecule has 0 saturated heterocycles. The molecule has 0 aromatic heterocycles. The smallest absolute Gasteiger partial charge is 0.302 e. The zero-order valence-electron chi connectivity index (χ0n) is 23.1. The van der Waals surface area contributed by atoms with Gasteiger partial charge < -0.3 is 10.1 Å². The average molecular weight is 496 g/mol. The van der Waals surface area contributed by atoms with Gasteiger partial charge in [0.1, 0.15) is 6.10 Å². The molecular formula is C31H45NO4. The van der Waals surface area contributed by atoms with Crippen LogP contribution in [0.3, 0.4) is 0 Å². The molecule has 0 spiro atoms. The Labute approximate surface area is 216 Å². The number of fused-ring (bicyclic) bond motifs is 7. The van der Waals surface area contributed by atoms with Gasteiger partial charge in [0.2, 0.25) is 5.91 Å². The summed E-state index contributed by atoms with van der Waals surface area (Å²) in [6.07, 6.45) is 11.0. The van der Waals surface area contributed by atoms with Crippen LogP contribution in [0.2, 0.25) is 0 Å². The molecule has 0 bridgehead atoms. The van der Waals surface area contributed by atoms with Crippen LogP contribution in [0.15, 0.2) is 22.8 Å². The molecule has 0 radical (unpaired) electrons. The lowest BCUT2D eigenvalue weighted by Crippen LogP contribution is -2.51. The minimum atomic E-state index is -0.164. The Morgan fingerprint density at radius 1 is 1.14 bits per heavy atom. The van der Waals surface area contributed by atoms with Crippen molar-refractivity contribution in [3.05, 3.63) is 22.8 Å². The Bertz CT molecular complexity index is 1030. The number of hydrogen-bond donors (Lipinski definition) is 1. The summed E-state index contributed by atoms with van der Waals surface area (Å²) >= 11 is 0. The van der Waals surface area contributed by atoms with Crippen molar-refractivity contribution >= 4 is 17.7 Å². The Hall–Kier alpha value is -1.91. The molecule has 5 aliphatic carbocycles. The van der Waals surface area contributed by atoms with Crippen LogP contribution in [-0.2, 0) is 19.1 Å². The first kappa shape index (κ1) is 25.7. The standard InChI is InChI=1S/C31H45NO4/c1-17(16-32-19(3)33)13-25-24-15-27-23-8-7-21-14-22(36-20(4)34)9-11-30(21,5)26(23)10-12-31(27,6)28(24)18(2)29(25)35/h7,17-18,22-23,26-28H,8-16H2,1-6H3,(H,32,33)/t17-,18-,22-,23-,26-,27-,28+,30+,31+/m1/s1. The first-order chi connectivity index (χ1) is 17.0. The number of ether oxygens (including phenoxy) is 1. The van der Waals surface area contributed by atoms with Crippen LogP contribution >= 0.6 is 0 Å². The number of carbonyl (C=O) groups excluding carboxylic acids is 3. The van der Waals surface area contributed by atoms with Crippen molar-refractivity contribution in [2.45, 2.75) is 99.0 Å². The summed E-state index contributed by atoms with van der Waals surface area (Å²) in [5.41, 5.74) is 4.50. The summed E-state index contributed by atoms with van der Waals surface area (Å²) < 4.78 is 5.61. The third-order valence-electron chi connectivity index (χ3n) is 11.2. The zero-order valence-corrected chi connectivity index (χ0v) is 23.1. The number of carbonyl (C=O) groups is 3. The molecule has 198 valence electrons. The van der Waals surface area contributed by atoms with E-state index >= 15 is 0 Å². The topological polar surface area (TPSA) is 72.5 Å². The summed E-state index contributed by atoms with van der Waals surface area (Å²) in [7, 11) is 0. The second kappa shape index (κ2) is 9.13. The molecule has 3 saturated carbocycles. The molecule has 0 unspecified atom stereocenters. The van der Waals surface area contributed by atoms with E-state index < -0.39 is 0 Å². The van der Waals surface area contributed by atoms with Crippen LogP contribution in [0.1, 0.15) is 92.9 Å². The van der Waals surface area contributed by atoms with Gasteiger partial charge in [0.25, 0.3) is 0 Å². The van der Waals surface area contributed by atoms with Crippen LogP contribution in [0.4, 0.5) is 0 Å². The first-order valence-corrected chi connectivity index (χ1v) is 14.3. The van der Waals surface area contributed by atoms with Crippen LogP contribution in [-0.4, -0.2) is 30.3 Å². The van der Waals surface area contributed by atoms with E-state index in [0.717, 1.165) is 44.1 Å². The number of rotatable bonds is 5. The summed E-state index contributed by atoms with van der Waals surface area (Å²) in [6, 6.07) is 0. The Morgan fingerprint density at radius 2 is 1.89 bits per heavy atom. The van der Waals surface area contributed by atoms with Gasteiger partial charge in [0, 0.05) is 32.7 Å². The highest BCUT2D eigenvalue weighted by molar-refractivity contribution is 6.01. The van der Waals surface area contributed by atoms with Gasteiger partial charge in [-0.3, -0.25) is 14.4 Å². The monoisotopic (exact) mass is 495 g/mol. The lowest BCUT2D eigenvalue weighted by atomic mass is 9.47. The summed E-state index contributed by atoms with van der Waals surface area (Å²) in [5, 5.41) is 2.94. The summed E-state index contributed by atoms with van der Waals surface area (Å²) in [5.74, 6) is 2.91. The number of nitrogens with one attached hydrogen (secondary N) is 1. The fourth-order valence-electron chi connectivity index (χ4n) is 9.58. The van der Waals surface area contributed by atoms with Crippen molar-refractivity contribution < 1.29 is 19.1 Å². The number of hydrogen-bond acceptors (Lipinski definition) is 4. The van der Waals surface area contributed by atoms with E-state index in [0.29, 0.717) is 36.0 Å². The molecular weight excluding hydrogens is 450 g/mol. The van der Waals surface area contributed by atoms with E-state index in [1.807, 2.05) is 0 Å².